The number of nitrogens with one attached hydrogen (secondary N) is 1. The molecular formula is C58H109NO13. The van der Waals surface area contributed by atoms with Crippen molar-refractivity contribution in [3.8, 4) is 0 Å². The van der Waals surface area contributed by atoms with Crippen molar-refractivity contribution in [2.24, 2.45) is 0 Å². The summed E-state index contributed by atoms with van der Waals surface area (Å²) in [5.74, 6) is -0.250. The number of aliphatic hydroxyl groups excluding tert-OH is 8. The molecule has 2 aliphatic heterocycles. The number of hydrogen-bond acceptors (Lipinski definition) is 13. The Morgan fingerprint density at radius 3 is 1.38 bits per heavy atom. The molecule has 0 aromatic carbocycles. The van der Waals surface area contributed by atoms with E-state index < -0.39 is 86.8 Å². The average Bonchev–Trinajstić information content (AvgIpc) is 3.38. The van der Waals surface area contributed by atoms with Crippen LogP contribution < -0.4 is 5.32 Å². The smallest absolute Gasteiger partial charge is 0.220 e. The normalized spacial score (nSPS) is 25.7. The lowest BCUT2D eigenvalue weighted by Crippen LogP contribution is -2.65. The molecular weight excluding hydrogens is 919 g/mol. The fourth-order valence-corrected chi connectivity index (χ4v) is 9.82. The van der Waals surface area contributed by atoms with Gasteiger partial charge in [-0.05, 0) is 38.5 Å². The molecule has 12 atom stereocenters. The molecule has 0 bridgehead atoms. The molecule has 0 aromatic rings. The van der Waals surface area contributed by atoms with E-state index in [4.69, 9.17) is 18.9 Å². The Morgan fingerprint density at radius 2 is 0.903 bits per heavy atom. The fraction of sp³-hybridized carbons (Fsp3) is 0.914. The van der Waals surface area contributed by atoms with Gasteiger partial charge in [-0.2, -0.15) is 0 Å². The highest BCUT2D eigenvalue weighted by atomic mass is 16.7. The highest BCUT2D eigenvalue weighted by Gasteiger charge is 2.51. The molecule has 2 saturated heterocycles. The molecule has 1 amide bonds. The number of rotatable bonds is 47. The van der Waals surface area contributed by atoms with Crippen molar-refractivity contribution in [1.29, 1.82) is 0 Å². The second-order valence-corrected chi connectivity index (χ2v) is 21.1. The van der Waals surface area contributed by atoms with E-state index >= 15 is 0 Å². The summed E-state index contributed by atoms with van der Waals surface area (Å²) in [5.41, 5.74) is 0. The van der Waals surface area contributed by atoms with E-state index in [1.54, 1.807) is 6.08 Å². The molecule has 9 N–H and O–H groups in total. The van der Waals surface area contributed by atoms with Gasteiger partial charge in [0.15, 0.2) is 12.6 Å². The standard InChI is InChI=1S/C58H109NO13/c1-3-5-7-9-11-13-15-16-17-18-19-20-21-22-23-24-25-26-27-28-29-30-31-32-33-35-37-39-41-47(62)46(59-50(63)42-40-38-36-34-14-12-10-8-6-4-2)45-69-57-55(68)53(66)56(49(44-61)71-57)72-58-54(67)52(65)51(64)48(43-60)70-58/h8,10,39,41,46-49,51-58,60-62,64-68H,3-7,9,11-38,40,42-45H2,1-2H3,(H,59,63)/b10-8-,41-39+. The lowest BCUT2D eigenvalue weighted by molar-refractivity contribution is -0.359. The summed E-state index contributed by atoms with van der Waals surface area (Å²) in [6.07, 6.45) is 35.4. The van der Waals surface area contributed by atoms with Gasteiger partial charge in [-0.15, -0.1) is 0 Å². The van der Waals surface area contributed by atoms with Crippen molar-refractivity contribution >= 4 is 5.91 Å². The van der Waals surface area contributed by atoms with Gasteiger partial charge in [0.2, 0.25) is 5.91 Å². The van der Waals surface area contributed by atoms with Crippen LogP contribution in [-0.2, 0) is 23.7 Å². The Bertz CT molecular complexity index is 1300. The van der Waals surface area contributed by atoms with Crippen molar-refractivity contribution in [2.45, 2.75) is 319 Å². The highest BCUT2D eigenvalue weighted by Crippen LogP contribution is 2.30. The van der Waals surface area contributed by atoms with Crippen LogP contribution in [-0.4, -0.2) is 140 Å². The Labute approximate surface area is 437 Å². The highest BCUT2D eigenvalue weighted by molar-refractivity contribution is 5.76. The first-order chi connectivity index (χ1) is 35.1. The molecule has 2 rings (SSSR count). The maximum absolute atomic E-state index is 13.1. The number of allylic oxidation sites excluding steroid dienone is 3. The number of amides is 1. The van der Waals surface area contributed by atoms with Crippen LogP contribution >= 0.6 is 0 Å². The van der Waals surface area contributed by atoms with Gasteiger partial charge in [0.1, 0.15) is 48.8 Å². The van der Waals surface area contributed by atoms with Crippen LogP contribution in [0.3, 0.4) is 0 Å². The largest absolute Gasteiger partial charge is 0.394 e. The van der Waals surface area contributed by atoms with Crippen molar-refractivity contribution in [3.63, 3.8) is 0 Å². The summed E-state index contributed by atoms with van der Waals surface area (Å²) < 4.78 is 22.7. The monoisotopic (exact) mass is 1030 g/mol. The second-order valence-electron chi connectivity index (χ2n) is 21.1. The predicted octanol–water partition coefficient (Wildman–Crippen LogP) is 9.67. The van der Waals surface area contributed by atoms with Gasteiger partial charge in [-0.3, -0.25) is 4.79 Å². The number of unbranched alkanes of at least 4 members (excludes halogenated alkanes) is 32. The van der Waals surface area contributed by atoms with Gasteiger partial charge >= 0.3 is 0 Å². The summed E-state index contributed by atoms with van der Waals surface area (Å²) >= 11 is 0. The Kier molecular flexibility index (Phi) is 41.2. The van der Waals surface area contributed by atoms with Crippen LogP contribution in [0.5, 0.6) is 0 Å². The Morgan fingerprint density at radius 1 is 0.486 bits per heavy atom. The topological polar surface area (TPSA) is 228 Å². The van der Waals surface area contributed by atoms with Gasteiger partial charge in [-0.25, -0.2) is 0 Å². The van der Waals surface area contributed by atoms with E-state index in [0.29, 0.717) is 6.42 Å². The molecule has 2 heterocycles. The molecule has 14 nitrogen and oxygen atoms in total. The van der Waals surface area contributed by atoms with Crippen LogP contribution in [0.4, 0.5) is 0 Å². The van der Waals surface area contributed by atoms with Crippen LogP contribution in [0.25, 0.3) is 0 Å². The number of carbonyl (C=O) groups excluding carboxylic acids is 1. The zero-order chi connectivity index (χ0) is 52.4. The molecule has 72 heavy (non-hydrogen) atoms. The third kappa shape index (κ3) is 30.3. The molecule has 0 radical (unpaired) electrons. The molecule has 0 spiro atoms. The maximum Gasteiger partial charge on any atom is 0.220 e. The molecule has 0 saturated carbocycles. The summed E-state index contributed by atoms with van der Waals surface area (Å²) in [6.45, 7) is 2.73. The van der Waals surface area contributed by atoms with Crippen molar-refractivity contribution in [2.75, 3.05) is 19.8 Å². The number of hydrogen-bond donors (Lipinski definition) is 9. The molecule has 0 aliphatic carbocycles. The number of carbonyl (C=O) groups is 1. The molecule has 0 aromatic heterocycles. The minimum Gasteiger partial charge on any atom is -0.394 e. The first-order valence-corrected chi connectivity index (χ1v) is 29.6. The molecule has 12 unspecified atom stereocenters. The maximum atomic E-state index is 13.1. The lowest BCUT2D eigenvalue weighted by Gasteiger charge is -2.46. The van der Waals surface area contributed by atoms with Crippen molar-refractivity contribution in [1.82, 2.24) is 5.32 Å². The Balaban J connectivity index is 1.69. The fourth-order valence-electron chi connectivity index (χ4n) is 9.82. The summed E-state index contributed by atoms with van der Waals surface area (Å²) in [6, 6.07) is -0.916. The van der Waals surface area contributed by atoms with Gasteiger partial charge in [-0.1, -0.05) is 224 Å². The van der Waals surface area contributed by atoms with E-state index in [0.717, 1.165) is 64.2 Å². The third-order valence-electron chi connectivity index (χ3n) is 14.6. The summed E-state index contributed by atoms with van der Waals surface area (Å²) in [7, 11) is 0. The molecule has 14 heteroatoms. The number of aliphatic hydroxyl groups is 8. The van der Waals surface area contributed by atoms with E-state index in [-0.39, 0.29) is 18.9 Å². The van der Waals surface area contributed by atoms with Gasteiger partial charge in [0.05, 0.1) is 32.0 Å². The zero-order valence-corrected chi connectivity index (χ0v) is 45.4. The van der Waals surface area contributed by atoms with Crippen molar-refractivity contribution < 1.29 is 64.6 Å². The van der Waals surface area contributed by atoms with Gasteiger partial charge in [0.25, 0.3) is 0 Å². The predicted molar refractivity (Wildman–Crippen MR) is 286 cm³/mol. The minimum absolute atomic E-state index is 0.250. The van der Waals surface area contributed by atoms with Crippen LogP contribution in [0, 0.1) is 0 Å². The second kappa shape index (κ2) is 44.6. The first-order valence-electron chi connectivity index (χ1n) is 29.6. The average molecular weight is 1030 g/mol. The molecule has 2 aliphatic rings. The molecule has 2 fully saturated rings. The summed E-state index contributed by atoms with van der Waals surface area (Å²) in [4.78, 5) is 13.1. The van der Waals surface area contributed by atoms with E-state index in [2.05, 4.69) is 31.3 Å². The van der Waals surface area contributed by atoms with Crippen LogP contribution in [0.1, 0.15) is 245 Å². The minimum atomic E-state index is -1.79. The Hall–Kier alpha value is -1.53. The van der Waals surface area contributed by atoms with Crippen LogP contribution in [0.2, 0.25) is 0 Å². The van der Waals surface area contributed by atoms with E-state index in [9.17, 15) is 45.6 Å². The van der Waals surface area contributed by atoms with Crippen LogP contribution in [0.15, 0.2) is 24.3 Å². The summed E-state index contributed by atoms with van der Waals surface area (Å²) in [5, 5.41) is 86.9. The number of ether oxygens (including phenoxy) is 4. The van der Waals surface area contributed by atoms with E-state index in [1.807, 2.05) is 6.08 Å². The van der Waals surface area contributed by atoms with Gasteiger partial charge in [0, 0.05) is 6.42 Å². The van der Waals surface area contributed by atoms with E-state index in [1.165, 1.54) is 154 Å². The lowest BCUT2D eigenvalue weighted by atomic mass is 9.97. The quantitative estimate of drug-likeness (QED) is 0.0205. The first kappa shape index (κ1) is 66.6. The third-order valence-corrected chi connectivity index (χ3v) is 14.6. The van der Waals surface area contributed by atoms with Gasteiger partial charge < -0.3 is 65.1 Å². The molecule has 424 valence electrons. The SMILES string of the molecule is CCC/C=C\CCCCCCCC(=O)NC(COC1OC(CO)C(OC2OC(CO)C(O)C(O)C2O)C(O)C1O)C(O)/C=C/CCCCCCCCCCCCCCCCCCCCCCCCCCCC. The van der Waals surface area contributed by atoms with Crippen molar-refractivity contribution in [3.05, 3.63) is 24.3 Å². The zero-order valence-electron chi connectivity index (χ0n) is 45.4.